The second-order valence-electron chi connectivity index (χ2n) is 6.30. The lowest BCUT2D eigenvalue weighted by Gasteiger charge is -2.40. The fourth-order valence-electron chi connectivity index (χ4n) is 3.33. The molecule has 0 saturated carbocycles. The summed E-state index contributed by atoms with van der Waals surface area (Å²) in [4.78, 5) is 0. The van der Waals surface area contributed by atoms with E-state index in [1.54, 1.807) is 0 Å². The molecule has 1 aliphatic heterocycles. The summed E-state index contributed by atoms with van der Waals surface area (Å²) in [5.41, 5.74) is 2.03. The molecule has 3 nitrogen and oxygen atoms in total. The van der Waals surface area contributed by atoms with Crippen LogP contribution in [0.25, 0.3) is 11.0 Å². The van der Waals surface area contributed by atoms with Gasteiger partial charge in [-0.15, -0.1) is 0 Å². The molecule has 1 aromatic heterocycles. The number of furan rings is 1. The molecule has 0 radical (unpaired) electrons. The van der Waals surface area contributed by atoms with Crippen LogP contribution < -0.4 is 5.32 Å². The highest BCUT2D eigenvalue weighted by Crippen LogP contribution is 2.38. The molecule has 114 valence electrons. The van der Waals surface area contributed by atoms with E-state index in [4.69, 9.17) is 9.15 Å². The zero-order valence-corrected chi connectivity index (χ0v) is 13.2. The van der Waals surface area contributed by atoms with Gasteiger partial charge in [-0.3, -0.25) is 0 Å². The molecule has 1 N–H and O–H groups in total. The summed E-state index contributed by atoms with van der Waals surface area (Å²) in [5, 5.41) is 4.74. The molecule has 1 saturated heterocycles. The zero-order valence-electron chi connectivity index (χ0n) is 13.2. The Morgan fingerprint density at radius 1 is 1.29 bits per heavy atom. The molecule has 1 aromatic carbocycles. The molecule has 3 heteroatoms. The van der Waals surface area contributed by atoms with E-state index in [1.165, 1.54) is 17.4 Å². The van der Waals surface area contributed by atoms with Crippen LogP contribution in [-0.4, -0.2) is 18.8 Å². The average molecular weight is 287 g/mol. The highest BCUT2D eigenvalue weighted by atomic mass is 16.5. The fourth-order valence-corrected chi connectivity index (χ4v) is 3.33. The Morgan fingerprint density at radius 2 is 2.14 bits per heavy atom. The predicted molar refractivity (Wildman–Crippen MR) is 85.6 cm³/mol. The Hall–Kier alpha value is -1.32. The quantitative estimate of drug-likeness (QED) is 0.907. The average Bonchev–Trinajstić information content (AvgIpc) is 2.87. The Labute approximate surface area is 126 Å². The number of fused-ring (bicyclic) bond motifs is 1. The molecular weight excluding hydrogens is 262 g/mol. The van der Waals surface area contributed by atoms with E-state index in [-0.39, 0.29) is 11.6 Å². The topological polar surface area (TPSA) is 34.4 Å². The smallest absolute Gasteiger partial charge is 0.134 e. The van der Waals surface area contributed by atoms with Gasteiger partial charge in [-0.25, -0.2) is 0 Å². The van der Waals surface area contributed by atoms with E-state index in [0.717, 1.165) is 37.3 Å². The summed E-state index contributed by atoms with van der Waals surface area (Å²) in [5.74, 6) is 0.988. The Balaban J connectivity index is 1.98. The van der Waals surface area contributed by atoms with Gasteiger partial charge in [0.25, 0.3) is 0 Å². The lowest BCUT2D eigenvalue weighted by molar-refractivity contribution is -0.0930. The summed E-state index contributed by atoms with van der Waals surface area (Å²) in [6.07, 6.45) is 3.45. The van der Waals surface area contributed by atoms with E-state index >= 15 is 0 Å². The molecule has 1 aliphatic rings. The van der Waals surface area contributed by atoms with Crippen LogP contribution >= 0.6 is 0 Å². The maximum atomic E-state index is 6.13. The van der Waals surface area contributed by atoms with Crippen LogP contribution in [0.3, 0.4) is 0 Å². The lowest BCUT2D eigenvalue weighted by atomic mass is 9.86. The molecule has 0 amide bonds. The predicted octanol–water partition coefficient (Wildman–Crippen LogP) is 4.35. The summed E-state index contributed by atoms with van der Waals surface area (Å²) in [6.45, 7) is 8.20. The van der Waals surface area contributed by atoms with Crippen LogP contribution in [0.5, 0.6) is 0 Å². The third kappa shape index (κ3) is 2.85. The van der Waals surface area contributed by atoms with Crippen LogP contribution in [0.15, 0.2) is 28.7 Å². The fraction of sp³-hybridized carbons (Fsp3) is 0.556. The number of aryl methyl sites for hydroxylation is 1. The van der Waals surface area contributed by atoms with Crippen molar-refractivity contribution in [3.05, 3.63) is 35.6 Å². The molecule has 2 unspecified atom stereocenters. The Morgan fingerprint density at radius 3 is 2.86 bits per heavy atom. The van der Waals surface area contributed by atoms with Crippen LogP contribution in [0.1, 0.15) is 50.5 Å². The minimum Gasteiger partial charge on any atom is -0.459 e. The number of benzene rings is 1. The highest BCUT2D eigenvalue weighted by Gasteiger charge is 2.39. The van der Waals surface area contributed by atoms with Crippen molar-refractivity contribution in [1.29, 1.82) is 0 Å². The third-order valence-corrected chi connectivity index (χ3v) is 4.49. The van der Waals surface area contributed by atoms with E-state index in [1.807, 2.05) is 0 Å². The standard InChI is InChI=1S/C18H25NO2/c1-4-19-17(18(3)9-5-6-10-20-18)16-12-14-11-13(2)7-8-15(14)21-16/h7-8,11-12,17,19H,4-6,9-10H2,1-3H3. The van der Waals surface area contributed by atoms with E-state index < -0.39 is 0 Å². The molecular formula is C18H25NO2. The monoisotopic (exact) mass is 287 g/mol. The van der Waals surface area contributed by atoms with Crippen molar-refractivity contribution in [3.63, 3.8) is 0 Å². The molecule has 0 spiro atoms. The number of hydrogen-bond acceptors (Lipinski definition) is 3. The van der Waals surface area contributed by atoms with Crippen molar-refractivity contribution >= 4 is 11.0 Å². The van der Waals surface area contributed by atoms with Gasteiger partial charge in [0.1, 0.15) is 11.3 Å². The van der Waals surface area contributed by atoms with E-state index in [2.05, 4.69) is 50.4 Å². The van der Waals surface area contributed by atoms with Crippen molar-refractivity contribution in [2.45, 2.75) is 51.7 Å². The molecule has 0 bridgehead atoms. The van der Waals surface area contributed by atoms with E-state index in [9.17, 15) is 0 Å². The van der Waals surface area contributed by atoms with E-state index in [0.29, 0.717) is 0 Å². The van der Waals surface area contributed by atoms with Gasteiger partial charge >= 0.3 is 0 Å². The van der Waals surface area contributed by atoms with Crippen LogP contribution in [-0.2, 0) is 4.74 Å². The number of hydrogen-bond donors (Lipinski definition) is 1. The molecule has 3 rings (SSSR count). The first-order valence-corrected chi connectivity index (χ1v) is 8.00. The normalized spacial score (nSPS) is 24.3. The number of rotatable bonds is 4. The Bertz CT molecular complexity index is 611. The van der Waals surface area contributed by atoms with Crippen LogP contribution in [0.4, 0.5) is 0 Å². The maximum Gasteiger partial charge on any atom is 0.134 e. The highest BCUT2D eigenvalue weighted by molar-refractivity contribution is 5.78. The molecule has 1 fully saturated rings. The molecule has 2 atom stereocenters. The first kappa shape index (κ1) is 14.6. The third-order valence-electron chi connectivity index (χ3n) is 4.49. The molecule has 2 heterocycles. The van der Waals surface area contributed by atoms with Gasteiger partial charge in [0, 0.05) is 12.0 Å². The zero-order chi connectivity index (χ0) is 14.9. The van der Waals surface area contributed by atoms with Gasteiger partial charge in [-0.1, -0.05) is 18.6 Å². The minimum atomic E-state index is -0.183. The van der Waals surface area contributed by atoms with Gasteiger partial charge in [-0.05, 0) is 57.9 Å². The minimum absolute atomic E-state index is 0.107. The maximum absolute atomic E-state index is 6.13. The summed E-state index contributed by atoms with van der Waals surface area (Å²) >= 11 is 0. The SMILES string of the molecule is CCNC(c1cc2cc(C)ccc2o1)C1(C)CCCCO1. The first-order chi connectivity index (χ1) is 10.1. The van der Waals surface area contributed by atoms with Crippen molar-refractivity contribution in [1.82, 2.24) is 5.32 Å². The lowest BCUT2D eigenvalue weighted by Crippen LogP contribution is -2.45. The van der Waals surface area contributed by atoms with Gasteiger partial charge in [-0.2, -0.15) is 0 Å². The van der Waals surface area contributed by atoms with Crippen molar-refractivity contribution < 1.29 is 9.15 Å². The summed E-state index contributed by atoms with van der Waals surface area (Å²) in [7, 11) is 0. The summed E-state index contributed by atoms with van der Waals surface area (Å²) in [6, 6.07) is 8.60. The van der Waals surface area contributed by atoms with Crippen LogP contribution in [0.2, 0.25) is 0 Å². The van der Waals surface area contributed by atoms with Crippen molar-refractivity contribution in [3.8, 4) is 0 Å². The van der Waals surface area contributed by atoms with Crippen molar-refractivity contribution in [2.75, 3.05) is 13.2 Å². The second-order valence-corrected chi connectivity index (χ2v) is 6.30. The largest absolute Gasteiger partial charge is 0.459 e. The van der Waals surface area contributed by atoms with Crippen LogP contribution in [0, 0.1) is 6.92 Å². The number of ether oxygens (including phenoxy) is 1. The molecule has 0 aliphatic carbocycles. The summed E-state index contributed by atoms with van der Waals surface area (Å²) < 4.78 is 12.2. The van der Waals surface area contributed by atoms with Gasteiger partial charge in [0.15, 0.2) is 0 Å². The molecule has 2 aromatic rings. The van der Waals surface area contributed by atoms with Gasteiger partial charge in [0.05, 0.1) is 11.6 Å². The molecule has 21 heavy (non-hydrogen) atoms. The number of likely N-dealkylation sites (N-methyl/N-ethyl adjacent to an activating group) is 1. The number of nitrogens with one attached hydrogen (secondary N) is 1. The van der Waals surface area contributed by atoms with Gasteiger partial charge < -0.3 is 14.5 Å². The first-order valence-electron chi connectivity index (χ1n) is 8.00. The van der Waals surface area contributed by atoms with Crippen molar-refractivity contribution in [2.24, 2.45) is 0 Å². The second kappa shape index (κ2) is 5.82. The van der Waals surface area contributed by atoms with Gasteiger partial charge in [0.2, 0.25) is 0 Å². The Kier molecular flexibility index (Phi) is 4.05.